The zero-order valence-electron chi connectivity index (χ0n) is 16.9. The maximum atomic E-state index is 12.6. The van der Waals surface area contributed by atoms with E-state index in [2.05, 4.69) is 15.4 Å². The molecule has 2 N–H and O–H groups in total. The summed E-state index contributed by atoms with van der Waals surface area (Å²) in [5, 5.41) is 0. The molecule has 1 heterocycles. The molecule has 0 bridgehead atoms. The number of rotatable bonds is 5. The van der Waals surface area contributed by atoms with Crippen LogP contribution in [0.2, 0.25) is 0 Å². The van der Waals surface area contributed by atoms with E-state index in [1.807, 2.05) is 26.8 Å². The molecule has 6 nitrogen and oxygen atoms in total. The van der Waals surface area contributed by atoms with E-state index in [1.54, 1.807) is 24.3 Å². The fourth-order valence-corrected chi connectivity index (χ4v) is 4.03. The van der Waals surface area contributed by atoms with Gasteiger partial charge in [0.1, 0.15) is 5.75 Å². The van der Waals surface area contributed by atoms with E-state index in [4.69, 9.17) is 4.74 Å². The van der Waals surface area contributed by atoms with E-state index in [0.717, 1.165) is 24.2 Å². The van der Waals surface area contributed by atoms with Gasteiger partial charge in [-0.25, -0.2) is 0 Å². The maximum Gasteiger partial charge on any atom is 0.271 e. The topological polar surface area (TPSA) is 72.4 Å². The van der Waals surface area contributed by atoms with Gasteiger partial charge in [0, 0.05) is 23.0 Å². The van der Waals surface area contributed by atoms with Crippen molar-refractivity contribution in [2.24, 2.45) is 0 Å². The zero-order valence-corrected chi connectivity index (χ0v) is 16.9. The molecule has 0 aliphatic heterocycles. The number of carbonyl (C=O) groups excluding carboxylic acids is 2. The lowest BCUT2D eigenvalue weighted by Crippen LogP contribution is -2.41. The second kappa shape index (κ2) is 8.95. The number of hydrogen-bond donors (Lipinski definition) is 2. The molecule has 1 aromatic carbocycles. The van der Waals surface area contributed by atoms with Gasteiger partial charge in [-0.05, 0) is 63.9 Å². The van der Waals surface area contributed by atoms with E-state index in [0.29, 0.717) is 29.5 Å². The summed E-state index contributed by atoms with van der Waals surface area (Å²) in [6, 6.07) is 9.18. The van der Waals surface area contributed by atoms with Gasteiger partial charge in [0.2, 0.25) is 0 Å². The van der Waals surface area contributed by atoms with Crippen molar-refractivity contribution in [1.82, 2.24) is 15.4 Å². The summed E-state index contributed by atoms with van der Waals surface area (Å²) in [7, 11) is 0. The van der Waals surface area contributed by atoms with Crippen molar-refractivity contribution in [1.29, 1.82) is 0 Å². The van der Waals surface area contributed by atoms with Gasteiger partial charge in [-0.15, -0.1) is 0 Å². The van der Waals surface area contributed by atoms with Gasteiger partial charge in [-0.3, -0.25) is 20.4 Å². The first-order valence-corrected chi connectivity index (χ1v) is 10.0. The van der Waals surface area contributed by atoms with Crippen molar-refractivity contribution in [2.45, 2.75) is 58.9 Å². The summed E-state index contributed by atoms with van der Waals surface area (Å²) in [5.41, 5.74) is 8.14. The minimum atomic E-state index is -0.363. The van der Waals surface area contributed by atoms with Crippen molar-refractivity contribution in [2.75, 3.05) is 6.61 Å². The summed E-state index contributed by atoms with van der Waals surface area (Å²) in [4.78, 5) is 24.9. The summed E-state index contributed by atoms with van der Waals surface area (Å²) < 4.78 is 7.65. The van der Waals surface area contributed by atoms with Crippen LogP contribution in [0.3, 0.4) is 0 Å². The highest BCUT2D eigenvalue weighted by molar-refractivity contribution is 5.99. The quantitative estimate of drug-likeness (QED) is 0.764. The maximum absolute atomic E-state index is 12.6. The number of amides is 2. The number of hydrazine groups is 1. The SMILES string of the molecule is CCOc1ccc(C(=O)NNC(=O)c2cc(C)n(C3CCCCC3)c2C)cc1. The van der Waals surface area contributed by atoms with Gasteiger partial charge in [0.05, 0.1) is 12.2 Å². The Morgan fingerprint density at radius 3 is 2.32 bits per heavy atom. The predicted octanol–water partition coefficient (Wildman–Crippen LogP) is 4.08. The monoisotopic (exact) mass is 383 g/mol. The molecule has 1 fully saturated rings. The van der Waals surface area contributed by atoms with Crippen molar-refractivity contribution in [3.63, 3.8) is 0 Å². The third kappa shape index (κ3) is 4.38. The molecule has 1 aromatic heterocycles. The molecule has 1 aliphatic rings. The summed E-state index contributed by atoms with van der Waals surface area (Å²) in [5.74, 6) is 0.0465. The number of benzene rings is 1. The molecular formula is C22H29N3O3. The molecule has 28 heavy (non-hydrogen) atoms. The second-order valence-electron chi connectivity index (χ2n) is 7.31. The van der Waals surface area contributed by atoms with Crippen LogP contribution in [0.1, 0.15) is 77.2 Å². The molecule has 0 atom stereocenters. The van der Waals surface area contributed by atoms with Crippen LogP contribution in [0.15, 0.2) is 30.3 Å². The lowest BCUT2D eigenvalue weighted by atomic mass is 9.95. The first kappa shape index (κ1) is 20.0. The summed E-state index contributed by atoms with van der Waals surface area (Å²) in [6.07, 6.45) is 6.08. The lowest BCUT2D eigenvalue weighted by molar-refractivity contribution is 0.0846. The number of aromatic nitrogens is 1. The number of nitrogens with one attached hydrogen (secondary N) is 2. The molecule has 3 rings (SSSR count). The molecule has 2 aromatic rings. The van der Waals surface area contributed by atoms with Crippen molar-refractivity contribution in [3.8, 4) is 5.75 Å². The average molecular weight is 383 g/mol. The second-order valence-corrected chi connectivity index (χ2v) is 7.31. The predicted molar refractivity (Wildman–Crippen MR) is 109 cm³/mol. The normalized spacial score (nSPS) is 14.5. The number of aryl methyl sites for hydroxylation is 1. The molecule has 1 aliphatic carbocycles. The van der Waals surface area contributed by atoms with Gasteiger partial charge in [-0.2, -0.15) is 0 Å². The molecule has 0 radical (unpaired) electrons. The molecule has 1 saturated carbocycles. The first-order chi connectivity index (χ1) is 13.5. The van der Waals surface area contributed by atoms with Gasteiger partial charge in [-0.1, -0.05) is 19.3 Å². The third-order valence-corrected chi connectivity index (χ3v) is 5.39. The third-order valence-electron chi connectivity index (χ3n) is 5.39. The van der Waals surface area contributed by atoms with E-state index >= 15 is 0 Å². The lowest BCUT2D eigenvalue weighted by Gasteiger charge is -2.26. The molecule has 0 unspecified atom stereocenters. The van der Waals surface area contributed by atoms with Crippen LogP contribution < -0.4 is 15.6 Å². The highest BCUT2D eigenvalue weighted by Gasteiger charge is 2.22. The molecule has 2 amide bonds. The Labute approximate surface area is 166 Å². The van der Waals surface area contributed by atoms with Crippen molar-refractivity contribution < 1.29 is 14.3 Å². The Balaban J connectivity index is 1.64. The molecule has 150 valence electrons. The number of ether oxygens (including phenoxy) is 1. The van der Waals surface area contributed by atoms with Gasteiger partial charge in [0.25, 0.3) is 11.8 Å². The van der Waals surface area contributed by atoms with Gasteiger partial charge >= 0.3 is 0 Å². The van der Waals surface area contributed by atoms with Crippen molar-refractivity contribution in [3.05, 3.63) is 52.8 Å². The van der Waals surface area contributed by atoms with Crippen LogP contribution in [0.25, 0.3) is 0 Å². The minimum absolute atomic E-state index is 0.297. The van der Waals surface area contributed by atoms with E-state index in [1.165, 1.54) is 19.3 Å². The number of nitrogens with zero attached hydrogens (tertiary/aromatic N) is 1. The Morgan fingerprint density at radius 1 is 1.04 bits per heavy atom. The Morgan fingerprint density at radius 2 is 1.68 bits per heavy atom. The standard InChI is InChI=1S/C22H29N3O3/c1-4-28-19-12-10-17(11-13-19)21(26)23-24-22(27)20-14-15(2)25(16(20)3)18-8-6-5-7-9-18/h10-14,18H,4-9H2,1-3H3,(H,23,26)(H,24,27). The van der Waals surface area contributed by atoms with E-state index < -0.39 is 0 Å². The highest BCUT2D eigenvalue weighted by atomic mass is 16.5. The average Bonchev–Trinajstić information content (AvgIpc) is 3.01. The van der Waals surface area contributed by atoms with Crippen molar-refractivity contribution >= 4 is 11.8 Å². The largest absolute Gasteiger partial charge is 0.494 e. The molecular weight excluding hydrogens is 354 g/mol. The van der Waals surface area contributed by atoms with Crippen LogP contribution in [-0.4, -0.2) is 23.0 Å². The fourth-order valence-electron chi connectivity index (χ4n) is 4.03. The highest BCUT2D eigenvalue weighted by Crippen LogP contribution is 2.32. The van der Waals surface area contributed by atoms with Crippen LogP contribution >= 0.6 is 0 Å². The molecule has 0 saturated heterocycles. The van der Waals surface area contributed by atoms with Crippen LogP contribution in [0.4, 0.5) is 0 Å². The Kier molecular flexibility index (Phi) is 6.39. The number of carbonyl (C=O) groups is 2. The molecule has 6 heteroatoms. The van der Waals surface area contributed by atoms with Gasteiger partial charge < -0.3 is 9.30 Å². The number of hydrogen-bond acceptors (Lipinski definition) is 3. The summed E-state index contributed by atoms with van der Waals surface area (Å²) >= 11 is 0. The minimum Gasteiger partial charge on any atom is -0.494 e. The van der Waals surface area contributed by atoms with E-state index in [-0.39, 0.29) is 11.8 Å². The smallest absolute Gasteiger partial charge is 0.271 e. The Bertz CT molecular complexity index is 833. The first-order valence-electron chi connectivity index (χ1n) is 10.0. The zero-order chi connectivity index (χ0) is 20.1. The van der Waals surface area contributed by atoms with E-state index in [9.17, 15) is 9.59 Å². The van der Waals surface area contributed by atoms with Gasteiger partial charge in [0.15, 0.2) is 0 Å². The summed E-state index contributed by atoms with van der Waals surface area (Å²) in [6.45, 7) is 6.49. The Hall–Kier alpha value is -2.76. The van der Waals surface area contributed by atoms with Crippen LogP contribution in [-0.2, 0) is 0 Å². The van der Waals surface area contributed by atoms with Crippen LogP contribution in [0.5, 0.6) is 5.75 Å². The van der Waals surface area contributed by atoms with Crippen LogP contribution in [0, 0.1) is 13.8 Å². The molecule has 0 spiro atoms. The fraction of sp³-hybridized carbons (Fsp3) is 0.455.